The van der Waals surface area contributed by atoms with Crippen molar-refractivity contribution in [1.29, 1.82) is 0 Å². The lowest BCUT2D eigenvalue weighted by atomic mass is 10.1. The Morgan fingerprint density at radius 3 is 3.05 bits per heavy atom. The van der Waals surface area contributed by atoms with Crippen molar-refractivity contribution in [2.24, 2.45) is 5.16 Å². The molecule has 0 N–H and O–H groups in total. The molecule has 1 aromatic heterocycles. The SMILES string of the molecule is CCCC(=O)OCC1CC(c2ccc(C)cn2)=NO1. The Morgan fingerprint density at radius 2 is 2.37 bits per heavy atom. The fourth-order valence-corrected chi connectivity index (χ4v) is 1.77. The van der Waals surface area contributed by atoms with Crippen molar-refractivity contribution in [1.82, 2.24) is 4.98 Å². The second-order valence-electron chi connectivity index (χ2n) is 4.62. The van der Waals surface area contributed by atoms with Crippen LogP contribution in [-0.4, -0.2) is 29.4 Å². The molecule has 2 heterocycles. The van der Waals surface area contributed by atoms with Crippen molar-refractivity contribution >= 4 is 11.7 Å². The standard InChI is InChI=1S/C14H18N2O3/c1-3-4-14(17)18-9-11-7-13(16-19-11)12-6-5-10(2)8-15-12/h5-6,8,11H,3-4,7,9H2,1-2H3. The van der Waals surface area contributed by atoms with Gasteiger partial charge in [0, 0.05) is 19.0 Å². The lowest BCUT2D eigenvalue weighted by Gasteiger charge is -2.08. The summed E-state index contributed by atoms with van der Waals surface area (Å²) in [4.78, 5) is 20.8. The zero-order valence-electron chi connectivity index (χ0n) is 11.3. The van der Waals surface area contributed by atoms with Gasteiger partial charge in [-0.2, -0.15) is 0 Å². The molecular formula is C14H18N2O3. The Balaban J connectivity index is 1.82. The Hall–Kier alpha value is -1.91. The predicted molar refractivity (Wildman–Crippen MR) is 70.9 cm³/mol. The fourth-order valence-electron chi connectivity index (χ4n) is 1.77. The van der Waals surface area contributed by atoms with Gasteiger partial charge in [-0.25, -0.2) is 0 Å². The summed E-state index contributed by atoms with van der Waals surface area (Å²) in [5.74, 6) is -0.187. The number of rotatable bonds is 5. The maximum Gasteiger partial charge on any atom is 0.305 e. The summed E-state index contributed by atoms with van der Waals surface area (Å²) >= 11 is 0. The molecule has 0 fully saturated rings. The summed E-state index contributed by atoms with van der Waals surface area (Å²) < 4.78 is 5.11. The highest BCUT2D eigenvalue weighted by Crippen LogP contribution is 2.16. The average Bonchev–Trinajstić information content (AvgIpc) is 2.86. The Kier molecular flexibility index (Phi) is 4.49. The molecule has 1 aliphatic heterocycles. The number of oxime groups is 1. The van der Waals surface area contributed by atoms with E-state index in [1.807, 2.05) is 26.0 Å². The van der Waals surface area contributed by atoms with Crippen LogP contribution in [0.1, 0.15) is 37.4 Å². The van der Waals surface area contributed by atoms with Crippen LogP contribution in [0.4, 0.5) is 0 Å². The molecule has 0 bridgehead atoms. The number of pyridine rings is 1. The third kappa shape index (κ3) is 3.77. The van der Waals surface area contributed by atoms with Gasteiger partial charge in [-0.15, -0.1) is 0 Å². The van der Waals surface area contributed by atoms with Gasteiger partial charge in [-0.1, -0.05) is 18.1 Å². The van der Waals surface area contributed by atoms with Gasteiger partial charge in [0.25, 0.3) is 0 Å². The number of aryl methyl sites for hydroxylation is 1. The molecule has 0 radical (unpaired) electrons. The molecule has 0 amide bonds. The first-order chi connectivity index (χ1) is 9.19. The van der Waals surface area contributed by atoms with Crippen molar-refractivity contribution < 1.29 is 14.4 Å². The number of ether oxygens (including phenoxy) is 1. The highest BCUT2D eigenvalue weighted by molar-refractivity contribution is 5.99. The number of carbonyl (C=O) groups is 1. The van der Waals surface area contributed by atoms with Crippen LogP contribution in [0.15, 0.2) is 23.5 Å². The van der Waals surface area contributed by atoms with Gasteiger partial charge in [0.05, 0.1) is 5.69 Å². The maximum atomic E-state index is 11.3. The molecule has 1 aromatic rings. The molecule has 0 saturated carbocycles. The van der Waals surface area contributed by atoms with Gasteiger partial charge in [0.15, 0.2) is 6.10 Å². The highest BCUT2D eigenvalue weighted by atomic mass is 16.7. The molecule has 1 aliphatic rings. The Bertz CT molecular complexity index is 468. The van der Waals surface area contributed by atoms with E-state index in [1.165, 1.54) is 0 Å². The number of aromatic nitrogens is 1. The third-order valence-electron chi connectivity index (χ3n) is 2.82. The van der Waals surface area contributed by atoms with Gasteiger partial charge >= 0.3 is 5.97 Å². The molecule has 0 aromatic carbocycles. The van der Waals surface area contributed by atoms with Gasteiger partial charge in [-0.05, 0) is 25.0 Å². The molecule has 1 atom stereocenters. The van der Waals surface area contributed by atoms with E-state index < -0.39 is 0 Å². The van der Waals surface area contributed by atoms with E-state index in [1.54, 1.807) is 6.20 Å². The van der Waals surface area contributed by atoms with E-state index in [0.717, 1.165) is 23.4 Å². The Labute approximate surface area is 112 Å². The van der Waals surface area contributed by atoms with E-state index in [9.17, 15) is 4.79 Å². The summed E-state index contributed by atoms with van der Waals surface area (Å²) in [6, 6.07) is 3.91. The quantitative estimate of drug-likeness (QED) is 0.763. The number of nitrogens with zero attached hydrogens (tertiary/aromatic N) is 2. The molecule has 102 valence electrons. The minimum absolute atomic E-state index is 0.187. The first-order valence-corrected chi connectivity index (χ1v) is 6.50. The molecule has 0 aliphatic carbocycles. The molecule has 2 rings (SSSR count). The molecule has 5 nitrogen and oxygen atoms in total. The minimum Gasteiger partial charge on any atom is -0.462 e. The average molecular weight is 262 g/mol. The van der Waals surface area contributed by atoms with E-state index in [4.69, 9.17) is 9.57 Å². The molecule has 5 heteroatoms. The lowest BCUT2D eigenvalue weighted by molar-refractivity contribution is -0.147. The van der Waals surface area contributed by atoms with Gasteiger partial charge in [-0.3, -0.25) is 9.78 Å². The van der Waals surface area contributed by atoms with Crippen LogP contribution >= 0.6 is 0 Å². The number of carbonyl (C=O) groups excluding carboxylic acids is 1. The monoisotopic (exact) mass is 262 g/mol. The zero-order valence-corrected chi connectivity index (χ0v) is 11.3. The molecular weight excluding hydrogens is 244 g/mol. The van der Waals surface area contributed by atoms with Crippen LogP contribution < -0.4 is 0 Å². The smallest absolute Gasteiger partial charge is 0.305 e. The number of hydrogen-bond acceptors (Lipinski definition) is 5. The second-order valence-corrected chi connectivity index (χ2v) is 4.62. The number of hydrogen-bond donors (Lipinski definition) is 0. The fraction of sp³-hybridized carbons (Fsp3) is 0.500. The predicted octanol–water partition coefficient (Wildman–Crippen LogP) is 2.23. The van der Waals surface area contributed by atoms with Crippen LogP contribution in [-0.2, 0) is 14.4 Å². The summed E-state index contributed by atoms with van der Waals surface area (Å²) in [5.41, 5.74) is 2.72. The third-order valence-corrected chi connectivity index (χ3v) is 2.82. The van der Waals surface area contributed by atoms with Crippen LogP contribution in [0.5, 0.6) is 0 Å². The van der Waals surface area contributed by atoms with Crippen molar-refractivity contribution in [3.63, 3.8) is 0 Å². The van der Waals surface area contributed by atoms with Crippen molar-refractivity contribution in [3.8, 4) is 0 Å². The van der Waals surface area contributed by atoms with Crippen molar-refractivity contribution in [2.45, 2.75) is 39.2 Å². The van der Waals surface area contributed by atoms with Crippen LogP contribution in [0.3, 0.4) is 0 Å². The lowest BCUT2D eigenvalue weighted by Crippen LogP contribution is -2.19. The summed E-state index contributed by atoms with van der Waals surface area (Å²) in [5, 5.41) is 4.00. The van der Waals surface area contributed by atoms with Crippen LogP contribution in [0.25, 0.3) is 0 Å². The molecule has 0 saturated heterocycles. The summed E-state index contributed by atoms with van der Waals surface area (Å²) in [7, 11) is 0. The highest BCUT2D eigenvalue weighted by Gasteiger charge is 2.24. The normalized spacial score (nSPS) is 17.8. The maximum absolute atomic E-state index is 11.3. The van der Waals surface area contributed by atoms with Crippen molar-refractivity contribution in [3.05, 3.63) is 29.6 Å². The first-order valence-electron chi connectivity index (χ1n) is 6.50. The van der Waals surface area contributed by atoms with E-state index >= 15 is 0 Å². The van der Waals surface area contributed by atoms with E-state index in [2.05, 4.69) is 10.1 Å². The molecule has 19 heavy (non-hydrogen) atoms. The molecule has 0 spiro atoms. The number of esters is 1. The summed E-state index contributed by atoms with van der Waals surface area (Å²) in [6.07, 6.45) is 3.46. The van der Waals surface area contributed by atoms with E-state index in [-0.39, 0.29) is 18.7 Å². The van der Waals surface area contributed by atoms with E-state index in [0.29, 0.717) is 12.8 Å². The van der Waals surface area contributed by atoms with Crippen molar-refractivity contribution in [2.75, 3.05) is 6.61 Å². The largest absolute Gasteiger partial charge is 0.462 e. The minimum atomic E-state index is -0.195. The Morgan fingerprint density at radius 1 is 1.53 bits per heavy atom. The second kappa shape index (κ2) is 6.31. The molecule has 1 unspecified atom stereocenters. The zero-order chi connectivity index (χ0) is 13.7. The van der Waals surface area contributed by atoms with Gasteiger partial charge in [0.1, 0.15) is 12.3 Å². The topological polar surface area (TPSA) is 60.8 Å². The van der Waals surface area contributed by atoms with Crippen LogP contribution in [0.2, 0.25) is 0 Å². The first kappa shape index (κ1) is 13.5. The van der Waals surface area contributed by atoms with Gasteiger partial charge < -0.3 is 9.57 Å². The summed E-state index contributed by atoms with van der Waals surface area (Å²) in [6.45, 7) is 4.18. The van der Waals surface area contributed by atoms with Crippen LogP contribution in [0, 0.1) is 6.92 Å². The van der Waals surface area contributed by atoms with Gasteiger partial charge in [0.2, 0.25) is 0 Å².